The van der Waals surface area contributed by atoms with Gasteiger partial charge in [0.15, 0.2) is 0 Å². The Kier molecular flexibility index (Phi) is 5.15. The second-order valence-electron chi connectivity index (χ2n) is 5.41. The second-order valence-corrected chi connectivity index (χ2v) is 5.41. The first-order chi connectivity index (χ1) is 10.9. The molecule has 8 heteroatoms. The van der Waals surface area contributed by atoms with Crippen LogP contribution < -0.4 is 10.1 Å². The third-order valence-electron chi connectivity index (χ3n) is 3.97. The molecule has 2 amide bonds. The molecule has 8 nitrogen and oxygen atoms in total. The maximum Gasteiger partial charge on any atom is 0.296 e. The van der Waals surface area contributed by atoms with Crippen molar-refractivity contribution in [3.8, 4) is 5.75 Å². The molecule has 0 atom stereocenters. The number of ether oxygens (including phenoxy) is 1. The standard InChI is InChI=1S/C15H19N3O5/c1-10(19)17-7-5-11(6-8-17)15(20)16-13-4-3-12(23-2)9-14(13)18(21)22/h3-4,9,11H,5-8H2,1-2H3,(H,16,20). The number of likely N-dealkylation sites (tertiary alicyclic amines) is 1. The minimum Gasteiger partial charge on any atom is -0.496 e. The van der Waals surface area contributed by atoms with Crippen molar-refractivity contribution in [2.24, 2.45) is 5.92 Å². The molecule has 0 bridgehead atoms. The van der Waals surface area contributed by atoms with E-state index in [1.54, 1.807) is 11.0 Å². The number of piperidine rings is 1. The van der Waals surface area contributed by atoms with Crippen LogP contribution in [0.3, 0.4) is 0 Å². The second kappa shape index (κ2) is 7.08. The van der Waals surface area contributed by atoms with Gasteiger partial charge in [-0.3, -0.25) is 19.7 Å². The third kappa shape index (κ3) is 3.97. The van der Waals surface area contributed by atoms with Gasteiger partial charge in [0.25, 0.3) is 5.69 Å². The molecule has 23 heavy (non-hydrogen) atoms. The van der Waals surface area contributed by atoms with Gasteiger partial charge in [0.2, 0.25) is 11.8 Å². The predicted molar refractivity (Wildman–Crippen MR) is 83.3 cm³/mol. The number of rotatable bonds is 4. The van der Waals surface area contributed by atoms with Gasteiger partial charge in [0, 0.05) is 25.9 Å². The van der Waals surface area contributed by atoms with Gasteiger partial charge >= 0.3 is 0 Å². The maximum absolute atomic E-state index is 12.3. The van der Waals surface area contributed by atoms with Gasteiger partial charge in [0.05, 0.1) is 18.1 Å². The number of hydrogen-bond donors (Lipinski definition) is 1. The average Bonchev–Trinajstić information content (AvgIpc) is 2.55. The smallest absolute Gasteiger partial charge is 0.296 e. The molecule has 0 unspecified atom stereocenters. The zero-order valence-electron chi connectivity index (χ0n) is 13.1. The van der Waals surface area contributed by atoms with E-state index in [4.69, 9.17) is 4.74 Å². The number of nitrogens with zero attached hydrogens (tertiary/aromatic N) is 2. The Morgan fingerprint density at radius 2 is 2.00 bits per heavy atom. The van der Waals surface area contributed by atoms with Crippen LogP contribution in [0.4, 0.5) is 11.4 Å². The summed E-state index contributed by atoms with van der Waals surface area (Å²) < 4.78 is 4.96. The quantitative estimate of drug-likeness (QED) is 0.673. The number of nitro benzene ring substituents is 1. The van der Waals surface area contributed by atoms with Crippen LogP contribution in [0.25, 0.3) is 0 Å². The van der Waals surface area contributed by atoms with Crippen LogP contribution in [0.2, 0.25) is 0 Å². The highest BCUT2D eigenvalue weighted by molar-refractivity contribution is 5.95. The molecule has 124 valence electrons. The molecule has 0 spiro atoms. The van der Waals surface area contributed by atoms with Gasteiger partial charge in [-0.05, 0) is 25.0 Å². The fraction of sp³-hybridized carbons (Fsp3) is 0.467. The van der Waals surface area contributed by atoms with Gasteiger partial charge in [-0.15, -0.1) is 0 Å². The number of amides is 2. The van der Waals surface area contributed by atoms with Crippen molar-refractivity contribution in [1.29, 1.82) is 0 Å². The summed E-state index contributed by atoms with van der Waals surface area (Å²) in [5.41, 5.74) is -0.0614. The Morgan fingerprint density at radius 1 is 1.35 bits per heavy atom. The first-order valence-electron chi connectivity index (χ1n) is 7.31. The molecule has 1 fully saturated rings. The predicted octanol–water partition coefficient (Wildman–Crippen LogP) is 1.80. The summed E-state index contributed by atoms with van der Waals surface area (Å²) in [5.74, 6) is -0.173. The van der Waals surface area contributed by atoms with Gasteiger partial charge in [-0.25, -0.2) is 0 Å². The Balaban J connectivity index is 2.06. The van der Waals surface area contributed by atoms with E-state index < -0.39 is 4.92 Å². The number of nitro groups is 1. The number of anilines is 1. The lowest BCUT2D eigenvalue weighted by Gasteiger charge is -2.30. The molecule has 0 saturated carbocycles. The minimum atomic E-state index is -0.559. The van der Waals surface area contributed by atoms with Crippen molar-refractivity contribution in [3.05, 3.63) is 28.3 Å². The number of carbonyl (C=O) groups is 2. The fourth-order valence-corrected chi connectivity index (χ4v) is 2.59. The first-order valence-corrected chi connectivity index (χ1v) is 7.31. The number of hydrogen-bond acceptors (Lipinski definition) is 5. The molecular formula is C15H19N3O5. The fourth-order valence-electron chi connectivity index (χ4n) is 2.59. The lowest BCUT2D eigenvalue weighted by Crippen LogP contribution is -2.40. The van der Waals surface area contributed by atoms with E-state index in [1.807, 2.05) is 0 Å². The summed E-state index contributed by atoms with van der Waals surface area (Å²) in [4.78, 5) is 35.8. The van der Waals surface area contributed by atoms with Crippen LogP contribution in [0.1, 0.15) is 19.8 Å². The van der Waals surface area contributed by atoms with Crippen molar-refractivity contribution in [2.75, 3.05) is 25.5 Å². The summed E-state index contributed by atoms with van der Waals surface area (Å²) in [6, 6.07) is 4.29. The van der Waals surface area contributed by atoms with Crippen LogP contribution in [0.5, 0.6) is 5.75 Å². The van der Waals surface area contributed by atoms with Crippen LogP contribution in [0, 0.1) is 16.0 Å². The van der Waals surface area contributed by atoms with E-state index in [-0.39, 0.29) is 29.1 Å². The van der Waals surface area contributed by atoms with E-state index in [0.29, 0.717) is 31.7 Å². The zero-order chi connectivity index (χ0) is 17.0. The summed E-state index contributed by atoms with van der Waals surface area (Å²) in [5, 5.41) is 13.7. The highest BCUT2D eigenvalue weighted by Gasteiger charge is 2.27. The monoisotopic (exact) mass is 321 g/mol. The molecule has 1 heterocycles. The van der Waals surface area contributed by atoms with E-state index >= 15 is 0 Å². The lowest BCUT2D eigenvalue weighted by atomic mass is 9.95. The summed E-state index contributed by atoms with van der Waals surface area (Å²) >= 11 is 0. The molecule has 1 aromatic rings. The zero-order valence-corrected chi connectivity index (χ0v) is 13.1. The molecule has 1 saturated heterocycles. The highest BCUT2D eigenvalue weighted by Crippen LogP contribution is 2.30. The van der Waals surface area contributed by atoms with Crippen molar-refractivity contribution in [3.63, 3.8) is 0 Å². The van der Waals surface area contributed by atoms with Crippen molar-refractivity contribution >= 4 is 23.2 Å². The Morgan fingerprint density at radius 3 is 2.52 bits per heavy atom. The van der Waals surface area contributed by atoms with Crippen LogP contribution >= 0.6 is 0 Å². The molecule has 0 radical (unpaired) electrons. The van der Waals surface area contributed by atoms with Crippen LogP contribution in [-0.2, 0) is 9.59 Å². The topological polar surface area (TPSA) is 102 Å². The van der Waals surface area contributed by atoms with E-state index in [1.165, 1.54) is 26.2 Å². The maximum atomic E-state index is 12.3. The lowest BCUT2D eigenvalue weighted by molar-refractivity contribution is -0.384. The Labute approximate surface area is 133 Å². The van der Waals surface area contributed by atoms with Gasteiger partial charge in [0.1, 0.15) is 11.4 Å². The molecule has 2 rings (SSSR count). The van der Waals surface area contributed by atoms with Crippen LogP contribution in [0.15, 0.2) is 18.2 Å². The molecule has 1 N–H and O–H groups in total. The molecule has 1 aromatic carbocycles. The van der Waals surface area contributed by atoms with E-state index in [9.17, 15) is 19.7 Å². The molecule has 1 aliphatic rings. The van der Waals surface area contributed by atoms with Crippen molar-refractivity contribution in [2.45, 2.75) is 19.8 Å². The van der Waals surface area contributed by atoms with Crippen molar-refractivity contribution in [1.82, 2.24) is 4.90 Å². The number of carbonyl (C=O) groups excluding carboxylic acids is 2. The average molecular weight is 321 g/mol. The summed E-state index contributed by atoms with van der Waals surface area (Å²) in [6.07, 6.45) is 1.10. The first kappa shape index (κ1) is 16.7. The third-order valence-corrected chi connectivity index (χ3v) is 3.97. The van der Waals surface area contributed by atoms with Crippen molar-refractivity contribution < 1.29 is 19.2 Å². The highest BCUT2D eigenvalue weighted by atomic mass is 16.6. The Bertz CT molecular complexity index is 624. The molecule has 0 aliphatic carbocycles. The van der Waals surface area contributed by atoms with Gasteiger partial charge < -0.3 is 15.0 Å². The van der Waals surface area contributed by atoms with Crippen LogP contribution in [-0.4, -0.2) is 41.8 Å². The van der Waals surface area contributed by atoms with Gasteiger partial charge in [-0.2, -0.15) is 0 Å². The summed E-state index contributed by atoms with van der Waals surface area (Å²) in [6.45, 7) is 2.55. The minimum absolute atomic E-state index is 0.00495. The van der Waals surface area contributed by atoms with E-state index in [0.717, 1.165) is 0 Å². The number of methoxy groups -OCH3 is 1. The molecular weight excluding hydrogens is 302 g/mol. The largest absolute Gasteiger partial charge is 0.496 e. The SMILES string of the molecule is COc1ccc(NC(=O)C2CCN(C(C)=O)CC2)c([N+](=O)[O-])c1. The number of nitrogens with one attached hydrogen (secondary N) is 1. The van der Waals surface area contributed by atoms with E-state index in [2.05, 4.69) is 5.32 Å². The molecule has 1 aliphatic heterocycles. The Hall–Kier alpha value is -2.64. The summed E-state index contributed by atoms with van der Waals surface area (Å²) in [7, 11) is 1.42. The molecule has 0 aromatic heterocycles. The number of benzene rings is 1. The van der Waals surface area contributed by atoms with Gasteiger partial charge in [-0.1, -0.05) is 0 Å². The normalized spacial score (nSPS) is 15.1.